The van der Waals surface area contributed by atoms with E-state index in [0.717, 1.165) is 36.3 Å². The third-order valence-electron chi connectivity index (χ3n) is 3.98. The van der Waals surface area contributed by atoms with Gasteiger partial charge in [0.05, 0.1) is 0 Å². The maximum absolute atomic E-state index is 13.4. The molecule has 0 atom stereocenters. The summed E-state index contributed by atoms with van der Waals surface area (Å²) >= 11 is 0. The van der Waals surface area contributed by atoms with Crippen molar-refractivity contribution in [2.45, 2.75) is 39.0 Å². The lowest BCUT2D eigenvalue weighted by Gasteiger charge is -2.27. The van der Waals surface area contributed by atoms with Gasteiger partial charge in [-0.3, -0.25) is 0 Å². The number of hydrogen-bond donors (Lipinski definition) is 2. The molecule has 0 amide bonds. The summed E-state index contributed by atoms with van der Waals surface area (Å²) in [5.74, 6) is -0.190. The first-order valence-electron chi connectivity index (χ1n) is 7.80. The van der Waals surface area contributed by atoms with Gasteiger partial charge in [0, 0.05) is 23.3 Å². The minimum atomic E-state index is -0.190. The summed E-state index contributed by atoms with van der Waals surface area (Å²) in [6, 6.07) is 12.8. The fourth-order valence-electron chi connectivity index (χ4n) is 2.59. The Morgan fingerprint density at radius 2 is 1.91 bits per heavy atom. The van der Waals surface area contributed by atoms with Gasteiger partial charge in [-0.05, 0) is 47.9 Å². The van der Waals surface area contributed by atoms with E-state index in [2.05, 4.69) is 26.1 Å². The van der Waals surface area contributed by atoms with Crippen LogP contribution in [0.2, 0.25) is 0 Å². The van der Waals surface area contributed by atoms with E-state index in [0.29, 0.717) is 0 Å². The molecule has 2 rings (SSSR count). The first-order valence-corrected chi connectivity index (χ1v) is 7.80. The zero-order valence-electron chi connectivity index (χ0n) is 13.6. The van der Waals surface area contributed by atoms with E-state index in [1.54, 1.807) is 12.1 Å². The molecule has 0 bridgehead atoms. The molecule has 0 unspecified atom stereocenters. The third-order valence-corrected chi connectivity index (χ3v) is 3.98. The fourth-order valence-corrected chi connectivity index (χ4v) is 2.59. The van der Waals surface area contributed by atoms with Gasteiger partial charge in [0.2, 0.25) is 0 Å². The van der Waals surface area contributed by atoms with Gasteiger partial charge in [0.25, 0.3) is 0 Å². The fraction of sp³-hybridized carbons (Fsp3) is 0.368. The molecule has 0 saturated heterocycles. The Kier molecular flexibility index (Phi) is 5.07. The summed E-state index contributed by atoms with van der Waals surface area (Å²) in [6.45, 7) is 7.12. The predicted molar refractivity (Wildman–Crippen MR) is 92.8 cm³/mol. The molecule has 118 valence electrons. The van der Waals surface area contributed by atoms with Crippen LogP contribution in [0.15, 0.2) is 42.5 Å². The Hall–Kier alpha value is -2.03. The average Bonchev–Trinajstić information content (AvgIpc) is 2.47. The second kappa shape index (κ2) is 6.82. The number of anilines is 2. The molecule has 0 aliphatic carbocycles. The highest BCUT2D eigenvalue weighted by atomic mass is 19.1. The van der Waals surface area contributed by atoms with Gasteiger partial charge in [0.15, 0.2) is 0 Å². The molecule has 0 aromatic heterocycles. The van der Waals surface area contributed by atoms with Crippen molar-refractivity contribution in [1.29, 1.82) is 0 Å². The van der Waals surface area contributed by atoms with Crippen molar-refractivity contribution >= 4 is 11.4 Å². The van der Waals surface area contributed by atoms with Crippen LogP contribution in [0.5, 0.6) is 0 Å². The molecular weight excluding hydrogens is 275 g/mol. The van der Waals surface area contributed by atoms with E-state index >= 15 is 0 Å². The first-order chi connectivity index (χ1) is 10.4. The standard InChI is InChI=1S/C19H25FN2/c1-4-6-14-11-17(21)9-10-18(14)22-13-19(2,3)15-7-5-8-16(20)12-15/h5,7-12,22H,4,6,13,21H2,1-3H3. The van der Waals surface area contributed by atoms with Gasteiger partial charge < -0.3 is 11.1 Å². The highest BCUT2D eigenvalue weighted by molar-refractivity contribution is 5.58. The molecule has 3 N–H and O–H groups in total. The summed E-state index contributed by atoms with van der Waals surface area (Å²) < 4.78 is 13.4. The van der Waals surface area contributed by atoms with E-state index in [-0.39, 0.29) is 11.2 Å². The van der Waals surface area contributed by atoms with E-state index < -0.39 is 0 Å². The number of rotatable bonds is 6. The van der Waals surface area contributed by atoms with Gasteiger partial charge in [-0.2, -0.15) is 0 Å². The zero-order valence-corrected chi connectivity index (χ0v) is 13.6. The monoisotopic (exact) mass is 300 g/mol. The molecular formula is C19H25FN2. The number of halogens is 1. The molecule has 3 heteroatoms. The lowest BCUT2D eigenvalue weighted by molar-refractivity contribution is 0.546. The van der Waals surface area contributed by atoms with E-state index in [4.69, 9.17) is 5.73 Å². The zero-order chi connectivity index (χ0) is 16.2. The number of hydrogen-bond acceptors (Lipinski definition) is 2. The Balaban J connectivity index is 2.15. The quantitative estimate of drug-likeness (QED) is 0.755. The third kappa shape index (κ3) is 4.00. The van der Waals surface area contributed by atoms with Gasteiger partial charge in [-0.25, -0.2) is 4.39 Å². The van der Waals surface area contributed by atoms with Crippen LogP contribution in [-0.4, -0.2) is 6.54 Å². The van der Waals surface area contributed by atoms with Gasteiger partial charge in [0.1, 0.15) is 5.82 Å². The molecule has 2 nitrogen and oxygen atoms in total. The summed E-state index contributed by atoms with van der Waals surface area (Å²) in [7, 11) is 0. The Labute approximate surface area is 132 Å². The molecule has 0 saturated carbocycles. The molecule has 0 aliphatic heterocycles. The van der Waals surface area contributed by atoms with Crippen LogP contribution in [-0.2, 0) is 11.8 Å². The molecule has 22 heavy (non-hydrogen) atoms. The van der Waals surface area contributed by atoms with Gasteiger partial charge in [-0.1, -0.05) is 39.3 Å². The maximum atomic E-state index is 13.4. The van der Waals surface area contributed by atoms with Gasteiger partial charge in [-0.15, -0.1) is 0 Å². The molecule has 2 aromatic carbocycles. The van der Waals surface area contributed by atoms with Crippen molar-refractivity contribution in [3.05, 3.63) is 59.4 Å². The van der Waals surface area contributed by atoms with Gasteiger partial charge >= 0.3 is 0 Å². The van der Waals surface area contributed by atoms with Crippen LogP contribution in [0, 0.1) is 5.82 Å². The van der Waals surface area contributed by atoms with E-state index in [1.165, 1.54) is 11.6 Å². The molecule has 0 spiro atoms. The normalized spacial score (nSPS) is 11.5. The smallest absolute Gasteiger partial charge is 0.123 e. The number of benzene rings is 2. The summed E-state index contributed by atoms with van der Waals surface area (Å²) in [4.78, 5) is 0. The van der Waals surface area contributed by atoms with Crippen molar-refractivity contribution in [3.63, 3.8) is 0 Å². The topological polar surface area (TPSA) is 38.0 Å². The number of nitrogen functional groups attached to an aromatic ring is 1. The molecule has 2 aromatic rings. The Morgan fingerprint density at radius 3 is 2.59 bits per heavy atom. The van der Waals surface area contributed by atoms with Crippen LogP contribution in [0.3, 0.4) is 0 Å². The van der Waals surface area contributed by atoms with Crippen molar-refractivity contribution in [3.8, 4) is 0 Å². The minimum Gasteiger partial charge on any atom is -0.399 e. The summed E-state index contributed by atoms with van der Waals surface area (Å²) in [5.41, 5.74) is 9.85. The largest absolute Gasteiger partial charge is 0.399 e. The predicted octanol–water partition coefficient (Wildman–Crippen LogP) is 4.75. The maximum Gasteiger partial charge on any atom is 0.123 e. The van der Waals surface area contributed by atoms with Crippen molar-refractivity contribution in [2.75, 3.05) is 17.6 Å². The van der Waals surface area contributed by atoms with Crippen molar-refractivity contribution < 1.29 is 4.39 Å². The number of nitrogens with one attached hydrogen (secondary N) is 1. The first kappa shape index (κ1) is 16.3. The average molecular weight is 300 g/mol. The molecule has 0 fully saturated rings. The molecule has 0 radical (unpaired) electrons. The number of nitrogens with two attached hydrogens (primary N) is 1. The lowest BCUT2D eigenvalue weighted by atomic mass is 9.84. The van der Waals surface area contributed by atoms with Crippen LogP contribution in [0.4, 0.5) is 15.8 Å². The molecule has 0 aliphatic rings. The molecule has 0 heterocycles. The van der Waals surface area contributed by atoms with Crippen LogP contribution in [0.25, 0.3) is 0 Å². The second-order valence-electron chi connectivity index (χ2n) is 6.41. The van der Waals surface area contributed by atoms with Crippen LogP contribution >= 0.6 is 0 Å². The van der Waals surface area contributed by atoms with Crippen LogP contribution in [0.1, 0.15) is 38.3 Å². The second-order valence-corrected chi connectivity index (χ2v) is 6.41. The van der Waals surface area contributed by atoms with Crippen molar-refractivity contribution in [1.82, 2.24) is 0 Å². The lowest BCUT2D eigenvalue weighted by Crippen LogP contribution is -2.28. The Bertz CT molecular complexity index is 635. The van der Waals surface area contributed by atoms with Crippen LogP contribution < -0.4 is 11.1 Å². The Morgan fingerprint density at radius 1 is 1.14 bits per heavy atom. The minimum absolute atomic E-state index is 0.160. The summed E-state index contributed by atoms with van der Waals surface area (Å²) in [5, 5.41) is 3.51. The van der Waals surface area contributed by atoms with Crippen molar-refractivity contribution in [2.24, 2.45) is 0 Å². The van der Waals surface area contributed by atoms with E-state index in [9.17, 15) is 4.39 Å². The number of aryl methyl sites for hydroxylation is 1. The SMILES string of the molecule is CCCc1cc(N)ccc1NCC(C)(C)c1cccc(F)c1. The van der Waals surface area contributed by atoms with E-state index in [1.807, 2.05) is 24.3 Å². The summed E-state index contributed by atoms with van der Waals surface area (Å²) in [6.07, 6.45) is 2.07. The highest BCUT2D eigenvalue weighted by Crippen LogP contribution is 2.26. The highest BCUT2D eigenvalue weighted by Gasteiger charge is 2.21.